The lowest BCUT2D eigenvalue weighted by Crippen LogP contribution is -2.51. The Hall–Kier alpha value is -1.60. The molecule has 22 heavy (non-hydrogen) atoms. The van der Waals surface area contributed by atoms with Crippen molar-refractivity contribution in [2.24, 2.45) is 0 Å². The molecule has 0 radical (unpaired) electrons. The van der Waals surface area contributed by atoms with Crippen LogP contribution in [0.3, 0.4) is 0 Å². The van der Waals surface area contributed by atoms with E-state index in [-0.39, 0.29) is 11.2 Å². The number of thiophene rings is 1. The van der Waals surface area contributed by atoms with Gasteiger partial charge in [0, 0.05) is 38.6 Å². The van der Waals surface area contributed by atoms with Crippen LogP contribution in [0.2, 0.25) is 0 Å². The van der Waals surface area contributed by atoms with E-state index in [1.165, 1.54) is 4.21 Å². The molecule has 0 aliphatic carbocycles. The Morgan fingerprint density at radius 1 is 1.23 bits per heavy atom. The zero-order valence-corrected chi connectivity index (χ0v) is 14.0. The molecule has 0 spiro atoms. The van der Waals surface area contributed by atoms with Crippen LogP contribution in [0.15, 0.2) is 40.2 Å². The van der Waals surface area contributed by atoms with Crippen molar-refractivity contribution >= 4 is 35.0 Å². The monoisotopic (exact) mass is 334 g/mol. The Kier molecular flexibility index (Phi) is 4.94. The van der Waals surface area contributed by atoms with Gasteiger partial charge in [-0.05, 0) is 24.4 Å². The number of rotatable bonds is 4. The molecule has 1 aliphatic rings. The number of amides is 1. The molecule has 2 aromatic heterocycles. The van der Waals surface area contributed by atoms with Gasteiger partial charge in [0.2, 0.25) is 11.9 Å². The predicted octanol–water partition coefficient (Wildman–Crippen LogP) is 2.37. The first-order valence-electron chi connectivity index (χ1n) is 7.25. The van der Waals surface area contributed by atoms with E-state index < -0.39 is 0 Å². The first kappa shape index (κ1) is 15.3. The van der Waals surface area contributed by atoms with Crippen LogP contribution < -0.4 is 4.90 Å². The molecule has 5 nitrogen and oxygen atoms in total. The molecule has 1 unspecified atom stereocenters. The van der Waals surface area contributed by atoms with Crippen LogP contribution in [0, 0.1) is 0 Å². The highest BCUT2D eigenvalue weighted by Gasteiger charge is 2.26. The lowest BCUT2D eigenvalue weighted by atomic mass is 10.3. The van der Waals surface area contributed by atoms with Crippen LogP contribution in [0.1, 0.15) is 6.92 Å². The van der Waals surface area contributed by atoms with Gasteiger partial charge in [-0.1, -0.05) is 6.07 Å². The van der Waals surface area contributed by atoms with Crippen molar-refractivity contribution < 1.29 is 4.79 Å². The lowest BCUT2D eigenvalue weighted by Gasteiger charge is -2.35. The Morgan fingerprint density at radius 3 is 2.59 bits per heavy atom. The molecule has 0 bridgehead atoms. The van der Waals surface area contributed by atoms with E-state index >= 15 is 0 Å². The number of anilines is 1. The number of carbonyl (C=O) groups excluding carboxylic acids is 1. The highest BCUT2D eigenvalue weighted by Crippen LogP contribution is 2.28. The molecule has 1 amide bonds. The first-order chi connectivity index (χ1) is 10.7. The Bertz CT molecular complexity index is 597. The molecule has 0 aromatic carbocycles. The van der Waals surface area contributed by atoms with Crippen LogP contribution in [0.4, 0.5) is 5.95 Å². The first-order valence-corrected chi connectivity index (χ1v) is 9.01. The third-order valence-electron chi connectivity index (χ3n) is 3.56. The number of piperazine rings is 1. The van der Waals surface area contributed by atoms with E-state index in [0.29, 0.717) is 0 Å². The molecule has 3 heterocycles. The SMILES string of the molecule is CC(Sc1cccs1)C(=O)N1CCN(c2ncccn2)CC1. The maximum absolute atomic E-state index is 12.5. The van der Waals surface area contributed by atoms with Crippen LogP contribution in [-0.2, 0) is 4.79 Å². The Balaban J connectivity index is 1.53. The summed E-state index contributed by atoms with van der Waals surface area (Å²) < 4.78 is 1.19. The van der Waals surface area contributed by atoms with Gasteiger partial charge in [-0.3, -0.25) is 4.79 Å². The number of nitrogens with zero attached hydrogens (tertiary/aromatic N) is 4. The van der Waals surface area contributed by atoms with Crippen LogP contribution in [0.5, 0.6) is 0 Å². The second-order valence-corrected chi connectivity index (χ2v) is 7.64. The molecule has 1 atom stereocenters. The summed E-state index contributed by atoms with van der Waals surface area (Å²) in [6.45, 7) is 5.01. The summed E-state index contributed by atoms with van der Waals surface area (Å²) in [5, 5.41) is 2.00. The zero-order valence-electron chi connectivity index (χ0n) is 12.4. The minimum Gasteiger partial charge on any atom is -0.338 e. The van der Waals surface area contributed by atoms with E-state index in [1.54, 1.807) is 35.5 Å². The fourth-order valence-electron chi connectivity index (χ4n) is 2.39. The fraction of sp³-hybridized carbons (Fsp3) is 0.400. The fourth-order valence-corrected chi connectivity index (χ4v) is 4.42. The molecular weight excluding hydrogens is 316 g/mol. The molecule has 2 aromatic rings. The molecule has 0 saturated carbocycles. The van der Waals surface area contributed by atoms with E-state index in [9.17, 15) is 4.79 Å². The average molecular weight is 334 g/mol. The van der Waals surface area contributed by atoms with Crippen molar-refractivity contribution in [3.05, 3.63) is 36.0 Å². The van der Waals surface area contributed by atoms with Crippen molar-refractivity contribution in [3.8, 4) is 0 Å². The minimum atomic E-state index is -0.0434. The third kappa shape index (κ3) is 3.59. The Morgan fingerprint density at radius 2 is 1.95 bits per heavy atom. The normalized spacial score (nSPS) is 16.6. The maximum Gasteiger partial charge on any atom is 0.235 e. The minimum absolute atomic E-state index is 0.0434. The van der Waals surface area contributed by atoms with Crippen LogP contribution in [-0.4, -0.2) is 52.2 Å². The van der Waals surface area contributed by atoms with Crippen LogP contribution >= 0.6 is 23.1 Å². The van der Waals surface area contributed by atoms with E-state index in [4.69, 9.17) is 0 Å². The molecule has 1 fully saturated rings. The predicted molar refractivity (Wildman–Crippen MR) is 90.5 cm³/mol. The van der Waals surface area contributed by atoms with Crippen molar-refractivity contribution in [3.63, 3.8) is 0 Å². The Labute approximate surface area is 138 Å². The van der Waals surface area contributed by atoms with Gasteiger partial charge in [0.15, 0.2) is 0 Å². The summed E-state index contributed by atoms with van der Waals surface area (Å²) in [7, 11) is 0. The average Bonchev–Trinajstić information content (AvgIpc) is 3.08. The van der Waals surface area contributed by atoms with E-state index in [0.717, 1.165) is 32.1 Å². The molecule has 116 valence electrons. The van der Waals surface area contributed by atoms with Crippen molar-refractivity contribution in [1.82, 2.24) is 14.9 Å². The molecule has 1 saturated heterocycles. The highest BCUT2D eigenvalue weighted by atomic mass is 32.2. The smallest absolute Gasteiger partial charge is 0.235 e. The lowest BCUT2D eigenvalue weighted by molar-refractivity contribution is -0.130. The summed E-state index contributed by atoms with van der Waals surface area (Å²) in [5.74, 6) is 0.961. The quantitative estimate of drug-likeness (QED) is 0.804. The van der Waals surface area contributed by atoms with Crippen molar-refractivity contribution in [2.75, 3.05) is 31.1 Å². The van der Waals surface area contributed by atoms with Crippen molar-refractivity contribution in [1.29, 1.82) is 0 Å². The largest absolute Gasteiger partial charge is 0.338 e. The molecular formula is C15H18N4OS2. The summed E-state index contributed by atoms with van der Waals surface area (Å²) in [5.41, 5.74) is 0. The van der Waals surface area contributed by atoms with Gasteiger partial charge in [0.1, 0.15) is 0 Å². The van der Waals surface area contributed by atoms with Gasteiger partial charge < -0.3 is 9.80 Å². The number of thioether (sulfide) groups is 1. The van der Waals surface area contributed by atoms with Gasteiger partial charge in [-0.15, -0.1) is 23.1 Å². The van der Waals surface area contributed by atoms with Gasteiger partial charge >= 0.3 is 0 Å². The van der Waals surface area contributed by atoms with Crippen LogP contribution in [0.25, 0.3) is 0 Å². The van der Waals surface area contributed by atoms with E-state index in [1.807, 2.05) is 29.3 Å². The standard InChI is InChI=1S/C15H18N4OS2/c1-12(22-13-4-2-11-21-13)14(20)18-7-9-19(10-8-18)15-16-5-3-6-17-15/h2-6,11-12H,7-10H2,1H3. The summed E-state index contributed by atoms with van der Waals surface area (Å²) in [4.78, 5) is 25.1. The van der Waals surface area contributed by atoms with Gasteiger partial charge in [-0.25, -0.2) is 9.97 Å². The third-order valence-corrected chi connectivity index (χ3v) is 5.72. The topological polar surface area (TPSA) is 49.3 Å². The number of aromatic nitrogens is 2. The van der Waals surface area contributed by atoms with E-state index in [2.05, 4.69) is 20.9 Å². The summed E-state index contributed by atoms with van der Waals surface area (Å²) >= 11 is 3.32. The maximum atomic E-state index is 12.5. The second-order valence-electron chi connectivity index (χ2n) is 5.05. The molecule has 3 rings (SSSR count). The summed E-state index contributed by atoms with van der Waals surface area (Å²) in [6, 6.07) is 5.89. The molecule has 1 aliphatic heterocycles. The number of hydrogen-bond donors (Lipinski definition) is 0. The highest BCUT2D eigenvalue weighted by molar-refractivity contribution is 8.02. The number of hydrogen-bond acceptors (Lipinski definition) is 6. The van der Waals surface area contributed by atoms with Gasteiger partial charge in [-0.2, -0.15) is 0 Å². The van der Waals surface area contributed by atoms with Crippen molar-refractivity contribution in [2.45, 2.75) is 16.4 Å². The zero-order chi connectivity index (χ0) is 15.4. The number of carbonyl (C=O) groups is 1. The molecule has 7 heteroatoms. The summed E-state index contributed by atoms with van der Waals surface area (Å²) in [6.07, 6.45) is 3.50. The molecule has 0 N–H and O–H groups in total. The van der Waals surface area contributed by atoms with Gasteiger partial charge in [0.25, 0.3) is 0 Å². The second kappa shape index (κ2) is 7.11. The van der Waals surface area contributed by atoms with Gasteiger partial charge in [0.05, 0.1) is 9.46 Å².